The van der Waals surface area contributed by atoms with E-state index in [1.165, 1.54) is 0 Å². The SMILES string of the molecule is C[N+](C)(C)C[C@@H](CC(=O)O)OP(=O)(O)OCCCCCCCCOc1cccc(Cl)c1. The molecule has 0 radical (unpaired) electrons. The zero-order valence-corrected chi connectivity index (χ0v) is 20.3. The monoisotopic (exact) mass is 480 g/mol. The van der Waals surface area contributed by atoms with E-state index >= 15 is 0 Å². The average Bonchev–Trinajstić information content (AvgIpc) is 2.60. The van der Waals surface area contributed by atoms with E-state index in [-0.39, 0.29) is 19.6 Å². The van der Waals surface area contributed by atoms with Gasteiger partial charge in [-0.15, -0.1) is 0 Å². The first-order valence-corrected chi connectivity index (χ1v) is 12.4. The van der Waals surface area contributed by atoms with E-state index in [0.717, 1.165) is 37.9 Å². The number of aliphatic carboxylic acids is 1. The minimum absolute atomic E-state index is 0.0931. The van der Waals surface area contributed by atoms with Gasteiger partial charge in [0.2, 0.25) is 0 Å². The number of carboxylic acid groups (broad SMARTS) is 1. The van der Waals surface area contributed by atoms with Gasteiger partial charge in [0, 0.05) is 5.02 Å². The summed E-state index contributed by atoms with van der Waals surface area (Å²) in [7, 11) is 1.26. The lowest BCUT2D eigenvalue weighted by atomic mass is 10.1. The molecule has 0 saturated heterocycles. The van der Waals surface area contributed by atoms with Crippen LogP contribution < -0.4 is 4.74 Å². The number of hydrogen-bond donors (Lipinski definition) is 2. The normalized spacial score (nSPS) is 14.7. The van der Waals surface area contributed by atoms with Gasteiger partial charge < -0.3 is 19.2 Å². The highest BCUT2D eigenvalue weighted by Crippen LogP contribution is 2.45. The van der Waals surface area contributed by atoms with Crippen molar-refractivity contribution >= 4 is 25.4 Å². The predicted molar refractivity (Wildman–Crippen MR) is 120 cm³/mol. The molecule has 1 rings (SSSR count). The number of rotatable bonds is 17. The van der Waals surface area contributed by atoms with Crippen LogP contribution in [0.3, 0.4) is 0 Å². The molecule has 0 heterocycles. The van der Waals surface area contributed by atoms with Crippen molar-refractivity contribution in [3.05, 3.63) is 29.3 Å². The fourth-order valence-electron chi connectivity index (χ4n) is 3.00. The fraction of sp³-hybridized carbons (Fsp3) is 0.667. The summed E-state index contributed by atoms with van der Waals surface area (Å²) in [5.74, 6) is -0.316. The van der Waals surface area contributed by atoms with E-state index in [2.05, 4.69) is 0 Å². The third-order valence-electron chi connectivity index (χ3n) is 4.29. The highest BCUT2D eigenvalue weighted by atomic mass is 35.5. The van der Waals surface area contributed by atoms with Crippen LogP contribution in [0.4, 0.5) is 0 Å². The lowest BCUT2D eigenvalue weighted by molar-refractivity contribution is -0.873. The molecule has 0 aliphatic rings. The van der Waals surface area contributed by atoms with Crippen molar-refractivity contribution < 1.29 is 37.6 Å². The number of ether oxygens (including phenoxy) is 1. The van der Waals surface area contributed by atoms with Crippen LogP contribution in [0, 0.1) is 0 Å². The Morgan fingerprint density at radius 1 is 1.10 bits per heavy atom. The van der Waals surface area contributed by atoms with E-state index < -0.39 is 19.9 Å². The van der Waals surface area contributed by atoms with E-state index in [9.17, 15) is 14.3 Å². The van der Waals surface area contributed by atoms with Gasteiger partial charge in [-0.2, -0.15) is 0 Å². The highest BCUT2D eigenvalue weighted by Gasteiger charge is 2.31. The van der Waals surface area contributed by atoms with E-state index in [1.54, 1.807) is 12.1 Å². The number of carbonyl (C=O) groups is 1. The molecule has 0 spiro atoms. The number of quaternary nitrogens is 1. The minimum atomic E-state index is -4.29. The first-order chi connectivity index (χ1) is 14.5. The molecule has 0 fully saturated rings. The van der Waals surface area contributed by atoms with Crippen molar-refractivity contribution in [3.63, 3.8) is 0 Å². The van der Waals surface area contributed by atoms with E-state index in [0.29, 0.717) is 22.5 Å². The molecule has 0 saturated carbocycles. The largest absolute Gasteiger partial charge is 0.494 e. The number of unbranched alkanes of at least 4 members (excludes halogenated alkanes) is 5. The molecule has 1 aromatic carbocycles. The van der Waals surface area contributed by atoms with Gasteiger partial charge in [0.15, 0.2) is 0 Å². The number of nitrogens with zero attached hydrogens (tertiary/aromatic N) is 1. The quantitative estimate of drug-likeness (QED) is 0.188. The Balaban J connectivity index is 2.13. The van der Waals surface area contributed by atoms with Crippen molar-refractivity contribution in [1.82, 2.24) is 0 Å². The van der Waals surface area contributed by atoms with Gasteiger partial charge in [0.1, 0.15) is 18.4 Å². The van der Waals surface area contributed by atoms with Gasteiger partial charge in [-0.1, -0.05) is 43.4 Å². The van der Waals surface area contributed by atoms with Gasteiger partial charge >= 0.3 is 13.8 Å². The van der Waals surface area contributed by atoms with Gasteiger partial charge in [-0.3, -0.25) is 13.8 Å². The number of carboxylic acids is 1. The standard InChI is InChI=1S/C21H35ClNO7P/c1-23(2,3)17-20(16-21(24)25)30-31(26,27)29-14-9-7-5-4-6-8-13-28-19-12-10-11-18(22)15-19/h10-12,15,20H,4-9,13-14,16-17H2,1-3H3,(H-,24,25,26,27)/p+1/t20-/m1/s1. The Morgan fingerprint density at radius 3 is 2.29 bits per heavy atom. The fourth-order valence-corrected chi connectivity index (χ4v) is 4.12. The summed E-state index contributed by atoms with van der Waals surface area (Å²) in [6, 6.07) is 7.32. The maximum Gasteiger partial charge on any atom is 0.472 e. The van der Waals surface area contributed by atoms with Crippen LogP contribution in [-0.4, -0.2) is 67.5 Å². The lowest BCUT2D eigenvalue weighted by Gasteiger charge is -2.29. The summed E-state index contributed by atoms with van der Waals surface area (Å²) in [6.45, 7) is 1.01. The molecule has 0 aromatic heterocycles. The van der Waals surface area contributed by atoms with Crippen molar-refractivity contribution in [2.45, 2.75) is 51.0 Å². The molecular formula is C21H36ClNO7P+. The smallest absolute Gasteiger partial charge is 0.472 e. The molecule has 8 nitrogen and oxygen atoms in total. The first kappa shape index (κ1) is 27.9. The van der Waals surface area contributed by atoms with Crippen LogP contribution in [0.2, 0.25) is 5.02 Å². The van der Waals surface area contributed by atoms with Crippen LogP contribution in [0.5, 0.6) is 5.75 Å². The van der Waals surface area contributed by atoms with Gasteiger partial charge in [0.05, 0.1) is 40.8 Å². The van der Waals surface area contributed by atoms with E-state index in [1.807, 2.05) is 33.3 Å². The number of phosphoric ester groups is 1. The summed E-state index contributed by atoms with van der Waals surface area (Å²) >= 11 is 5.91. The minimum Gasteiger partial charge on any atom is -0.494 e. The van der Waals surface area contributed by atoms with E-state index in [4.69, 9.17) is 30.5 Å². The molecule has 0 aliphatic carbocycles. The highest BCUT2D eigenvalue weighted by molar-refractivity contribution is 7.47. The predicted octanol–water partition coefficient (Wildman–Crippen LogP) is 4.74. The Labute approximate surface area is 190 Å². The Kier molecular flexibility index (Phi) is 12.7. The number of hydrogen-bond acceptors (Lipinski definition) is 5. The maximum absolute atomic E-state index is 12.1. The molecule has 0 aliphatic heterocycles. The molecule has 10 heteroatoms. The molecule has 178 valence electrons. The van der Waals surface area contributed by atoms with Gasteiger partial charge in [-0.25, -0.2) is 4.57 Å². The number of likely N-dealkylation sites (N-methyl/N-ethyl adjacent to an activating group) is 1. The van der Waals surface area contributed by atoms with Gasteiger partial charge in [-0.05, 0) is 31.0 Å². The summed E-state index contributed by atoms with van der Waals surface area (Å²) in [6.07, 6.45) is 4.24. The maximum atomic E-state index is 12.1. The number of benzene rings is 1. The van der Waals surface area contributed by atoms with Gasteiger partial charge in [0.25, 0.3) is 0 Å². The summed E-state index contributed by atoms with van der Waals surface area (Å²) in [4.78, 5) is 20.9. The molecule has 31 heavy (non-hydrogen) atoms. The molecular weight excluding hydrogens is 445 g/mol. The summed E-state index contributed by atoms with van der Waals surface area (Å²) < 4.78 is 28.3. The molecule has 0 bridgehead atoms. The summed E-state index contributed by atoms with van der Waals surface area (Å²) in [5.41, 5.74) is 0. The van der Waals surface area contributed by atoms with Crippen molar-refractivity contribution in [2.24, 2.45) is 0 Å². The number of phosphoric acid groups is 1. The number of halogens is 1. The lowest BCUT2D eigenvalue weighted by Crippen LogP contribution is -2.42. The Hall–Kier alpha value is -1.15. The molecule has 0 amide bonds. The topological polar surface area (TPSA) is 102 Å². The second-order valence-corrected chi connectivity index (χ2v) is 10.4. The van der Waals surface area contributed by atoms with Crippen LogP contribution in [0.1, 0.15) is 44.9 Å². The van der Waals surface area contributed by atoms with Crippen molar-refractivity contribution in [1.29, 1.82) is 0 Å². The van der Waals surface area contributed by atoms with Crippen molar-refractivity contribution in [3.8, 4) is 5.75 Å². The Morgan fingerprint density at radius 2 is 1.71 bits per heavy atom. The summed E-state index contributed by atoms with van der Waals surface area (Å²) in [5, 5.41) is 9.64. The zero-order chi connectivity index (χ0) is 23.3. The second kappa shape index (κ2) is 14.1. The average molecular weight is 481 g/mol. The van der Waals surface area contributed by atoms with Crippen LogP contribution in [0.15, 0.2) is 24.3 Å². The second-order valence-electron chi connectivity index (χ2n) is 8.53. The van der Waals surface area contributed by atoms with Crippen LogP contribution in [0.25, 0.3) is 0 Å². The zero-order valence-electron chi connectivity index (χ0n) is 18.7. The van der Waals surface area contributed by atoms with Crippen LogP contribution >= 0.6 is 19.4 Å². The van der Waals surface area contributed by atoms with Crippen LogP contribution in [-0.2, 0) is 18.4 Å². The third-order valence-corrected chi connectivity index (χ3v) is 5.60. The molecule has 2 N–H and O–H groups in total. The third kappa shape index (κ3) is 15.3. The molecule has 2 atom stereocenters. The molecule has 1 aromatic rings. The first-order valence-electron chi connectivity index (χ1n) is 10.5. The Bertz CT molecular complexity index is 711. The van der Waals surface area contributed by atoms with Crippen molar-refractivity contribution in [2.75, 3.05) is 40.9 Å². The molecule has 1 unspecified atom stereocenters.